The van der Waals surface area contributed by atoms with E-state index in [2.05, 4.69) is 18.7 Å². The largest absolute Gasteiger partial charge is 0.340 e. The van der Waals surface area contributed by atoms with E-state index >= 15 is 0 Å². The lowest BCUT2D eigenvalue weighted by molar-refractivity contribution is -0.133. The standard InChI is InChI=1S/C21H32FN3O3S/c1-17(2)23-13-15-24(16-14-23)21(26)8-7-18-9-11-25(12-10-18)29(27,28)20-6-4-3-5-19(20)22/h3-6,17-18H,7-16H2,1-2H3. The van der Waals surface area contributed by atoms with Crippen LogP contribution in [0.5, 0.6) is 0 Å². The number of rotatable bonds is 6. The minimum Gasteiger partial charge on any atom is -0.340 e. The molecule has 0 saturated carbocycles. The Bertz CT molecular complexity index is 799. The summed E-state index contributed by atoms with van der Waals surface area (Å²) in [6.07, 6.45) is 2.73. The molecule has 2 aliphatic rings. The maximum absolute atomic E-state index is 13.9. The van der Waals surface area contributed by atoms with Gasteiger partial charge in [-0.1, -0.05) is 12.1 Å². The number of halogens is 1. The maximum atomic E-state index is 13.9. The fraction of sp³-hybridized carbons (Fsp3) is 0.667. The first-order chi connectivity index (χ1) is 13.8. The molecule has 1 amide bonds. The van der Waals surface area contributed by atoms with Gasteiger partial charge < -0.3 is 4.90 Å². The molecule has 0 bridgehead atoms. The number of amides is 1. The van der Waals surface area contributed by atoms with Crippen LogP contribution in [-0.2, 0) is 14.8 Å². The van der Waals surface area contributed by atoms with Crippen LogP contribution in [0.3, 0.4) is 0 Å². The molecule has 2 saturated heterocycles. The topological polar surface area (TPSA) is 60.9 Å². The summed E-state index contributed by atoms with van der Waals surface area (Å²) in [5.74, 6) is -0.171. The van der Waals surface area contributed by atoms with E-state index in [9.17, 15) is 17.6 Å². The molecule has 0 aromatic heterocycles. The zero-order valence-electron chi connectivity index (χ0n) is 17.4. The van der Waals surface area contributed by atoms with Crippen molar-refractivity contribution < 1.29 is 17.6 Å². The molecule has 1 aromatic carbocycles. The second-order valence-corrected chi connectivity index (χ2v) is 10.2. The number of piperidine rings is 1. The number of sulfonamides is 1. The molecule has 3 rings (SSSR count). The van der Waals surface area contributed by atoms with Crippen LogP contribution in [0.4, 0.5) is 4.39 Å². The van der Waals surface area contributed by atoms with E-state index in [-0.39, 0.29) is 10.8 Å². The number of hydrogen-bond donors (Lipinski definition) is 0. The van der Waals surface area contributed by atoms with Crippen LogP contribution in [-0.4, -0.2) is 73.7 Å². The summed E-state index contributed by atoms with van der Waals surface area (Å²) in [4.78, 5) is 16.6. The molecule has 0 atom stereocenters. The Morgan fingerprint density at radius 3 is 2.28 bits per heavy atom. The molecule has 2 heterocycles. The first-order valence-corrected chi connectivity index (χ1v) is 12.0. The van der Waals surface area contributed by atoms with Crippen LogP contribution >= 0.6 is 0 Å². The highest BCUT2D eigenvalue weighted by molar-refractivity contribution is 7.89. The number of hydrogen-bond acceptors (Lipinski definition) is 4. The van der Waals surface area contributed by atoms with E-state index in [0.717, 1.165) is 32.6 Å². The molecule has 0 radical (unpaired) electrons. The van der Waals surface area contributed by atoms with Crippen molar-refractivity contribution in [3.63, 3.8) is 0 Å². The van der Waals surface area contributed by atoms with Gasteiger partial charge in [0.1, 0.15) is 10.7 Å². The second-order valence-electron chi connectivity index (χ2n) is 8.33. The minimum absolute atomic E-state index is 0.204. The highest BCUT2D eigenvalue weighted by atomic mass is 32.2. The molecule has 8 heteroatoms. The van der Waals surface area contributed by atoms with Crippen LogP contribution in [0.1, 0.15) is 39.5 Å². The van der Waals surface area contributed by atoms with Crippen molar-refractivity contribution in [3.8, 4) is 0 Å². The Labute approximate surface area is 173 Å². The molecular formula is C21H32FN3O3S. The average Bonchev–Trinajstić information content (AvgIpc) is 2.72. The zero-order chi connectivity index (χ0) is 21.0. The molecule has 0 unspecified atom stereocenters. The van der Waals surface area contributed by atoms with Crippen molar-refractivity contribution in [1.82, 2.24) is 14.1 Å². The first-order valence-electron chi connectivity index (χ1n) is 10.6. The van der Waals surface area contributed by atoms with Crippen molar-refractivity contribution in [3.05, 3.63) is 30.1 Å². The highest BCUT2D eigenvalue weighted by Gasteiger charge is 2.31. The van der Waals surface area contributed by atoms with Crippen LogP contribution < -0.4 is 0 Å². The Kier molecular flexibility index (Phi) is 7.29. The SMILES string of the molecule is CC(C)N1CCN(C(=O)CCC2CCN(S(=O)(=O)c3ccccc3F)CC2)CC1. The van der Waals surface area contributed by atoms with Gasteiger partial charge in [-0.2, -0.15) is 4.31 Å². The van der Waals surface area contributed by atoms with Gasteiger partial charge in [0.05, 0.1) is 0 Å². The second kappa shape index (κ2) is 9.53. The lowest BCUT2D eigenvalue weighted by Gasteiger charge is -2.37. The Morgan fingerprint density at radius 1 is 1.07 bits per heavy atom. The number of nitrogens with zero attached hydrogens (tertiary/aromatic N) is 3. The van der Waals surface area contributed by atoms with E-state index in [1.54, 1.807) is 0 Å². The van der Waals surface area contributed by atoms with Gasteiger partial charge in [-0.05, 0) is 51.2 Å². The highest BCUT2D eigenvalue weighted by Crippen LogP contribution is 2.27. The molecule has 1 aromatic rings. The summed E-state index contributed by atoms with van der Waals surface area (Å²) in [6.45, 7) is 8.54. The number of carbonyl (C=O) groups excluding carboxylic acids is 1. The molecule has 2 fully saturated rings. The van der Waals surface area contributed by atoms with E-state index < -0.39 is 15.8 Å². The predicted molar refractivity (Wildman–Crippen MR) is 110 cm³/mol. The van der Waals surface area contributed by atoms with Crippen LogP contribution in [0.25, 0.3) is 0 Å². The average molecular weight is 426 g/mol. The smallest absolute Gasteiger partial charge is 0.245 e. The van der Waals surface area contributed by atoms with Gasteiger partial charge in [-0.15, -0.1) is 0 Å². The summed E-state index contributed by atoms with van der Waals surface area (Å²) in [5.41, 5.74) is 0. The number of benzene rings is 1. The normalized spacial score (nSPS) is 20.3. The van der Waals surface area contributed by atoms with E-state index in [1.165, 1.54) is 28.6 Å². The molecule has 162 valence electrons. The van der Waals surface area contributed by atoms with E-state index in [1.807, 2.05) is 4.90 Å². The van der Waals surface area contributed by atoms with Gasteiger partial charge in [0.2, 0.25) is 15.9 Å². The van der Waals surface area contributed by atoms with Gasteiger partial charge in [0.25, 0.3) is 0 Å². The number of piperazine rings is 1. The minimum atomic E-state index is -3.80. The maximum Gasteiger partial charge on any atom is 0.245 e. The third-order valence-electron chi connectivity index (χ3n) is 6.19. The van der Waals surface area contributed by atoms with Crippen LogP contribution in [0.2, 0.25) is 0 Å². The van der Waals surface area contributed by atoms with Crippen molar-refractivity contribution in [2.24, 2.45) is 5.92 Å². The molecule has 29 heavy (non-hydrogen) atoms. The third kappa shape index (κ3) is 5.35. The summed E-state index contributed by atoms with van der Waals surface area (Å²) in [7, 11) is -3.80. The predicted octanol–water partition coefficient (Wildman–Crippen LogP) is 2.56. The fourth-order valence-corrected chi connectivity index (χ4v) is 5.74. The van der Waals surface area contributed by atoms with Gasteiger partial charge in [-0.3, -0.25) is 9.69 Å². The first kappa shape index (κ1) is 22.2. The van der Waals surface area contributed by atoms with Crippen molar-refractivity contribution >= 4 is 15.9 Å². The zero-order valence-corrected chi connectivity index (χ0v) is 18.2. The summed E-state index contributed by atoms with van der Waals surface area (Å²) in [5, 5.41) is 0. The van der Waals surface area contributed by atoms with E-state index in [0.29, 0.717) is 44.3 Å². The quantitative estimate of drug-likeness (QED) is 0.703. The molecule has 2 aliphatic heterocycles. The number of carbonyl (C=O) groups is 1. The molecule has 0 N–H and O–H groups in total. The molecular weight excluding hydrogens is 393 g/mol. The van der Waals surface area contributed by atoms with Gasteiger partial charge >= 0.3 is 0 Å². The Hall–Kier alpha value is -1.51. The van der Waals surface area contributed by atoms with E-state index in [4.69, 9.17) is 0 Å². The van der Waals surface area contributed by atoms with Gasteiger partial charge in [0.15, 0.2) is 0 Å². The third-order valence-corrected chi connectivity index (χ3v) is 8.12. The van der Waals surface area contributed by atoms with Crippen molar-refractivity contribution in [1.29, 1.82) is 0 Å². The lowest BCUT2D eigenvalue weighted by Crippen LogP contribution is -2.50. The van der Waals surface area contributed by atoms with Gasteiger partial charge in [-0.25, -0.2) is 12.8 Å². The van der Waals surface area contributed by atoms with Crippen LogP contribution in [0.15, 0.2) is 29.2 Å². The summed E-state index contributed by atoms with van der Waals surface area (Å²) >= 11 is 0. The van der Waals surface area contributed by atoms with Gasteiger partial charge in [0, 0.05) is 51.7 Å². The Balaban J connectivity index is 1.44. The Morgan fingerprint density at radius 2 is 1.69 bits per heavy atom. The van der Waals surface area contributed by atoms with Crippen molar-refractivity contribution in [2.75, 3.05) is 39.3 Å². The van der Waals surface area contributed by atoms with Crippen LogP contribution in [0, 0.1) is 11.7 Å². The molecule has 0 aliphatic carbocycles. The lowest BCUT2D eigenvalue weighted by atomic mass is 9.93. The molecule has 0 spiro atoms. The molecule has 6 nitrogen and oxygen atoms in total. The van der Waals surface area contributed by atoms with Crippen molar-refractivity contribution in [2.45, 2.75) is 50.5 Å². The summed E-state index contributed by atoms with van der Waals surface area (Å²) < 4.78 is 40.7. The fourth-order valence-electron chi connectivity index (χ4n) is 4.20. The summed E-state index contributed by atoms with van der Waals surface area (Å²) in [6, 6.07) is 6.02. The monoisotopic (exact) mass is 425 g/mol.